The van der Waals surface area contributed by atoms with Crippen LogP contribution in [0.4, 0.5) is 0 Å². The average molecular weight is 424 g/mol. The number of ether oxygens (including phenoxy) is 2. The zero-order valence-corrected chi connectivity index (χ0v) is 16.6. The summed E-state index contributed by atoms with van der Waals surface area (Å²) in [6.07, 6.45) is 4.91. The summed E-state index contributed by atoms with van der Waals surface area (Å²) in [5, 5.41) is 12.3. The van der Waals surface area contributed by atoms with E-state index in [4.69, 9.17) is 9.47 Å². The second kappa shape index (κ2) is 9.02. The predicted molar refractivity (Wildman–Crippen MR) is 102 cm³/mol. The number of hydrogen-bond donors (Lipinski definition) is 2. The minimum absolute atomic E-state index is 0.0000898. The summed E-state index contributed by atoms with van der Waals surface area (Å²) in [5.41, 5.74) is 1.11. The number of carbonyl (C=O) groups excluding carboxylic acids is 1. The van der Waals surface area contributed by atoms with E-state index in [9.17, 15) is 9.90 Å². The summed E-state index contributed by atoms with van der Waals surface area (Å²) in [7, 11) is 0. The Morgan fingerprint density at radius 2 is 2.08 bits per heavy atom. The fourth-order valence-electron chi connectivity index (χ4n) is 3.31. The Labute approximate surface area is 162 Å². The molecule has 1 heterocycles. The maximum atomic E-state index is 12.5. The van der Waals surface area contributed by atoms with Crippen LogP contribution in [0.5, 0.6) is 0 Å². The highest BCUT2D eigenvalue weighted by molar-refractivity contribution is 9.10. The summed E-state index contributed by atoms with van der Waals surface area (Å²) < 4.78 is 12.8. The van der Waals surface area contributed by atoms with E-state index in [-0.39, 0.29) is 30.4 Å². The Hall–Kier alpha value is -1.37. The Bertz CT molecular complexity index is 642. The molecular formula is C20H26BrNO4. The van der Waals surface area contributed by atoms with Crippen LogP contribution in [0.2, 0.25) is 0 Å². The highest BCUT2D eigenvalue weighted by atomic mass is 79.9. The van der Waals surface area contributed by atoms with Gasteiger partial charge in [0.25, 0.3) is 5.91 Å². The van der Waals surface area contributed by atoms with E-state index in [1.165, 1.54) is 0 Å². The molecule has 26 heavy (non-hydrogen) atoms. The normalized spacial score (nSPS) is 25.3. The second-order valence-corrected chi connectivity index (χ2v) is 7.74. The Balaban J connectivity index is 1.90. The molecule has 0 unspecified atom stereocenters. The van der Waals surface area contributed by atoms with Crippen LogP contribution in [0.25, 0.3) is 0 Å². The molecule has 0 saturated heterocycles. The number of carbonyl (C=O) groups is 1. The van der Waals surface area contributed by atoms with Gasteiger partial charge in [0.05, 0.1) is 0 Å². The molecule has 1 saturated carbocycles. The lowest BCUT2D eigenvalue weighted by atomic mass is 9.80. The van der Waals surface area contributed by atoms with Gasteiger partial charge in [-0.15, -0.1) is 0 Å². The third-order valence-corrected chi connectivity index (χ3v) is 5.33. The van der Waals surface area contributed by atoms with Gasteiger partial charge in [-0.1, -0.05) is 28.1 Å². The number of nitrogens with one attached hydrogen (secondary N) is 1. The van der Waals surface area contributed by atoms with Gasteiger partial charge in [-0.25, -0.2) is 0 Å². The molecule has 1 fully saturated rings. The smallest absolute Gasteiger partial charge is 0.286 e. The zero-order chi connectivity index (χ0) is 18.5. The number of hydrogen-bond acceptors (Lipinski definition) is 4. The van der Waals surface area contributed by atoms with Gasteiger partial charge in [0.15, 0.2) is 5.76 Å². The van der Waals surface area contributed by atoms with Gasteiger partial charge in [-0.05, 0) is 56.4 Å². The summed E-state index contributed by atoms with van der Waals surface area (Å²) in [4.78, 5) is 12.5. The van der Waals surface area contributed by atoms with E-state index in [0.717, 1.165) is 29.3 Å². The van der Waals surface area contributed by atoms with Crippen LogP contribution >= 0.6 is 15.9 Å². The van der Waals surface area contributed by atoms with Crippen molar-refractivity contribution in [3.8, 4) is 0 Å². The molecule has 2 N–H and O–H groups in total. The minimum Gasteiger partial charge on any atom is -0.459 e. The third kappa shape index (κ3) is 4.87. The number of allylic oxidation sites excluding steroid dienone is 1. The third-order valence-electron chi connectivity index (χ3n) is 4.80. The summed E-state index contributed by atoms with van der Waals surface area (Å²) in [6.45, 7) is 2.55. The van der Waals surface area contributed by atoms with Crippen LogP contribution in [0.15, 0.2) is 40.6 Å². The van der Waals surface area contributed by atoms with Crippen LogP contribution in [0, 0.1) is 5.92 Å². The van der Waals surface area contributed by atoms with E-state index >= 15 is 0 Å². The molecule has 0 aromatic heterocycles. The van der Waals surface area contributed by atoms with Gasteiger partial charge < -0.3 is 19.9 Å². The number of aliphatic hydroxyl groups excluding tert-OH is 1. The Kier molecular flexibility index (Phi) is 6.73. The van der Waals surface area contributed by atoms with E-state index < -0.39 is 6.29 Å². The van der Waals surface area contributed by atoms with E-state index in [1.807, 2.05) is 25.1 Å². The molecule has 0 radical (unpaired) electrons. The molecule has 1 aromatic carbocycles. The van der Waals surface area contributed by atoms with E-state index in [2.05, 4.69) is 33.4 Å². The van der Waals surface area contributed by atoms with E-state index in [0.29, 0.717) is 18.8 Å². The number of halogens is 1. The first-order chi connectivity index (χ1) is 12.6. The Morgan fingerprint density at radius 1 is 1.35 bits per heavy atom. The van der Waals surface area contributed by atoms with Crippen LogP contribution in [0.1, 0.15) is 44.1 Å². The first kappa shape index (κ1) is 19.4. The van der Waals surface area contributed by atoms with Gasteiger partial charge in [0, 0.05) is 35.6 Å². The van der Waals surface area contributed by atoms with E-state index in [1.54, 1.807) is 0 Å². The number of amides is 1. The fraction of sp³-hybridized carbons (Fsp3) is 0.550. The minimum atomic E-state index is -0.495. The summed E-state index contributed by atoms with van der Waals surface area (Å²) >= 11 is 3.47. The van der Waals surface area contributed by atoms with Crippen molar-refractivity contribution < 1.29 is 19.4 Å². The Morgan fingerprint density at radius 3 is 2.69 bits per heavy atom. The van der Waals surface area contributed by atoms with Crippen LogP contribution < -0.4 is 5.32 Å². The largest absolute Gasteiger partial charge is 0.459 e. The van der Waals surface area contributed by atoms with Crippen molar-refractivity contribution in [3.05, 3.63) is 46.1 Å². The van der Waals surface area contributed by atoms with Crippen LogP contribution in [0.3, 0.4) is 0 Å². The first-order valence-electron chi connectivity index (χ1n) is 9.29. The molecule has 3 atom stereocenters. The van der Waals surface area contributed by atoms with Gasteiger partial charge >= 0.3 is 0 Å². The SMILES string of the molecule is CCO[C@@H]1OC(C(=O)NC2CC2)=C[C@H](c2ccc(Br)cc2)[C@@H]1CCCO. The lowest BCUT2D eigenvalue weighted by Gasteiger charge is -2.37. The maximum Gasteiger partial charge on any atom is 0.286 e. The highest BCUT2D eigenvalue weighted by Gasteiger charge is 2.38. The molecule has 1 amide bonds. The molecule has 1 aliphatic heterocycles. The van der Waals surface area contributed by atoms with Crippen LogP contribution in [-0.2, 0) is 14.3 Å². The molecular weight excluding hydrogens is 398 g/mol. The maximum absolute atomic E-state index is 12.5. The van der Waals surface area contributed by atoms with Gasteiger partial charge in [-0.3, -0.25) is 4.79 Å². The average Bonchev–Trinajstić information content (AvgIpc) is 3.45. The fourth-order valence-corrected chi connectivity index (χ4v) is 3.58. The number of aliphatic hydroxyl groups is 1. The standard InChI is InChI=1S/C20H26BrNO4/c1-2-25-20-16(4-3-11-23)17(13-5-7-14(21)8-6-13)12-18(26-20)19(24)22-15-9-10-15/h5-8,12,15-17,20,23H,2-4,9-11H2,1H3,(H,22,24)/t16-,17+,20+/m0/s1. The van der Waals surface area contributed by atoms with Crippen LogP contribution in [-0.4, -0.2) is 36.6 Å². The van der Waals surface area contributed by atoms with Crippen molar-refractivity contribution in [3.63, 3.8) is 0 Å². The molecule has 6 heteroatoms. The summed E-state index contributed by atoms with van der Waals surface area (Å²) in [5.74, 6) is 0.212. The molecule has 2 aliphatic rings. The second-order valence-electron chi connectivity index (χ2n) is 6.83. The lowest BCUT2D eigenvalue weighted by molar-refractivity contribution is -0.166. The van der Waals surface area contributed by atoms with Crippen molar-refractivity contribution >= 4 is 21.8 Å². The quantitative estimate of drug-likeness (QED) is 0.671. The molecule has 0 spiro atoms. The van der Waals surface area contributed by atoms with Gasteiger partial charge in [-0.2, -0.15) is 0 Å². The number of rotatable bonds is 8. The number of benzene rings is 1. The molecule has 1 aromatic rings. The molecule has 0 bridgehead atoms. The monoisotopic (exact) mass is 423 g/mol. The first-order valence-corrected chi connectivity index (χ1v) is 10.1. The zero-order valence-electron chi connectivity index (χ0n) is 15.0. The molecule has 3 rings (SSSR count). The van der Waals surface area contributed by atoms with Crippen molar-refractivity contribution in [2.75, 3.05) is 13.2 Å². The molecule has 142 valence electrons. The lowest BCUT2D eigenvalue weighted by Crippen LogP contribution is -2.39. The predicted octanol–water partition coefficient (Wildman–Crippen LogP) is 3.48. The van der Waals surface area contributed by atoms with Crippen molar-refractivity contribution in [2.24, 2.45) is 5.92 Å². The van der Waals surface area contributed by atoms with Gasteiger partial charge in [0.1, 0.15) is 0 Å². The summed E-state index contributed by atoms with van der Waals surface area (Å²) in [6, 6.07) is 8.39. The van der Waals surface area contributed by atoms with Crippen molar-refractivity contribution in [2.45, 2.75) is 50.9 Å². The molecule has 5 nitrogen and oxygen atoms in total. The van der Waals surface area contributed by atoms with Crippen molar-refractivity contribution in [1.29, 1.82) is 0 Å². The van der Waals surface area contributed by atoms with Crippen molar-refractivity contribution in [1.82, 2.24) is 5.32 Å². The topological polar surface area (TPSA) is 67.8 Å². The molecule has 1 aliphatic carbocycles. The van der Waals surface area contributed by atoms with Gasteiger partial charge in [0.2, 0.25) is 6.29 Å². The highest BCUT2D eigenvalue weighted by Crippen LogP contribution is 2.39.